The van der Waals surface area contributed by atoms with Crippen molar-refractivity contribution in [1.29, 1.82) is 0 Å². The molecule has 3 aromatic carbocycles. The van der Waals surface area contributed by atoms with Gasteiger partial charge in [0, 0.05) is 37.0 Å². The molecule has 0 aliphatic carbocycles. The van der Waals surface area contributed by atoms with Crippen LogP contribution < -0.4 is 4.72 Å². The van der Waals surface area contributed by atoms with Crippen molar-refractivity contribution < 1.29 is 34.8 Å². The average molecular weight is 567 g/mol. The predicted molar refractivity (Wildman–Crippen MR) is 136 cm³/mol. The van der Waals surface area contributed by atoms with E-state index < -0.39 is 31.6 Å². The Morgan fingerprint density at radius 3 is 2.18 bits per heavy atom. The van der Waals surface area contributed by atoms with Gasteiger partial charge in [0.05, 0.1) is 15.4 Å². The fourth-order valence-corrected chi connectivity index (χ4v) is 6.35. The van der Waals surface area contributed by atoms with Crippen LogP contribution in [0.4, 0.5) is 13.2 Å². The van der Waals surface area contributed by atoms with Crippen LogP contribution in [0, 0.1) is 5.92 Å². The Kier molecular flexibility index (Phi) is 7.69. The van der Waals surface area contributed by atoms with E-state index >= 15 is 0 Å². The van der Waals surface area contributed by atoms with Crippen LogP contribution in [-0.4, -0.2) is 53.5 Å². The van der Waals surface area contributed by atoms with Gasteiger partial charge in [-0.2, -0.15) is 13.2 Å². The molecule has 12 heteroatoms. The number of nitrogens with one attached hydrogen (secondary N) is 1. The van der Waals surface area contributed by atoms with Crippen LogP contribution in [-0.2, 0) is 26.0 Å². The standard InChI is InChI=1S/C26H25F3N2O5S2/c1-37(33,34)24-5-3-2-4-23(24)19-6-8-20(9-7-19)25(32)31-15-14-18(17-31)16-30-38(35,36)22-12-10-21(11-13-22)26(27,28)29/h2-13,18,30H,14-17H2,1H3. The molecule has 0 bridgehead atoms. The molecule has 1 saturated heterocycles. The van der Waals surface area contributed by atoms with E-state index in [0.29, 0.717) is 36.2 Å². The number of sulfonamides is 1. The molecule has 1 unspecified atom stereocenters. The van der Waals surface area contributed by atoms with Crippen LogP contribution in [0.2, 0.25) is 0 Å². The molecule has 0 aromatic heterocycles. The first-order valence-electron chi connectivity index (χ1n) is 11.6. The SMILES string of the molecule is CS(=O)(=O)c1ccccc1-c1ccc(C(=O)N2CCC(CNS(=O)(=O)c3ccc(C(F)(F)F)cc3)C2)cc1. The zero-order valence-electron chi connectivity index (χ0n) is 20.3. The predicted octanol–water partition coefficient (Wildman–Crippen LogP) is 4.22. The fraction of sp³-hybridized carbons (Fsp3) is 0.269. The summed E-state index contributed by atoms with van der Waals surface area (Å²) in [4.78, 5) is 14.5. The van der Waals surface area contributed by atoms with Gasteiger partial charge in [0.15, 0.2) is 9.84 Å². The Hall–Kier alpha value is -3.22. The summed E-state index contributed by atoms with van der Waals surface area (Å²) in [5.74, 6) is -0.398. The third-order valence-corrected chi connectivity index (χ3v) is 8.95. The number of likely N-dealkylation sites (tertiary alicyclic amines) is 1. The number of halogens is 3. The molecule has 7 nitrogen and oxygen atoms in total. The second kappa shape index (κ2) is 10.5. The Balaban J connectivity index is 1.37. The number of amides is 1. The highest BCUT2D eigenvalue weighted by atomic mass is 32.2. The summed E-state index contributed by atoms with van der Waals surface area (Å²) in [6.07, 6.45) is -2.87. The van der Waals surface area contributed by atoms with Crippen molar-refractivity contribution in [2.24, 2.45) is 5.92 Å². The Morgan fingerprint density at radius 1 is 0.947 bits per heavy atom. The molecule has 202 valence electrons. The molecule has 38 heavy (non-hydrogen) atoms. The number of nitrogens with zero attached hydrogens (tertiary/aromatic N) is 1. The molecule has 1 aliphatic rings. The molecule has 0 saturated carbocycles. The summed E-state index contributed by atoms with van der Waals surface area (Å²) < 4.78 is 89.8. The summed E-state index contributed by atoms with van der Waals surface area (Å²) in [5.41, 5.74) is 0.667. The first kappa shape index (κ1) is 27.8. The van der Waals surface area contributed by atoms with Gasteiger partial charge in [0.25, 0.3) is 5.91 Å². The summed E-state index contributed by atoms with van der Waals surface area (Å²) in [6, 6.07) is 16.5. The van der Waals surface area contributed by atoms with E-state index in [1.54, 1.807) is 47.4 Å². The van der Waals surface area contributed by atoms with Crippen molar-refractivity contribution in [2.45, 2.75) is 22.4 Å². The van der Waals surface area contributed by atoms with Crippen LogP contribution in [0.15, 0.2) is 82.6 Å². The molecular weight excluding hydrogens is 541 g/mol. The van der Waals surface area contributed by atoms with E-state index in [4.69, 9.17) is 0 Å². The second-order valence-corrected chi connectivity index (χ2v) is 12.9. The summed E-state index contributed by atoms with van der Waals surface area (Å²) in [6.45, 7) is 0.769. The summed E-state index contributed by atoms with van der Waals surface area (Å²) >= 11 is 0. The number of carbonyl (C=O) groups is 1. The number of rotatable bonds is 7. The maximum absolute atomic E-state index is 13.0. The number of alkyl halides is 3. The van der Waals surface area contributed by atoms with Crippen molar-refractivity contribution >= 4 is 25.8 Å². The average Bonchev–Trinajstić information content (AvgIpc) is 3.35. The number of sulfone groups is 1. The molecule has 1 heterocycles. The van der Waals surface area contributed by atoms with E-state index in [2.05, 4.69) is 4.72 Å². The Labute approximate surface area is 219 Å². The van der Waals surface area contributed by atoms with Crippen LogP contribution in [0.1, 0.15) is 22.3 Å². The lowest BCUT2D eigenvalue weighted by atomic mass is 10.0. The second-order valence-electron chi connectivity index (χ2n) is 9.13. The minimum absolute atomic E-state index is 0.0361. The lowest BCUT2D eigenvalue weighted by molar-refractivity contribution is -0.137. The molecule has 1 aliphatic heterocycles. The van der Waals surface area contributed by atoms with Gasteiger partial charge in [-0.1, -0.05) is 30.3 Å². The van der Waals surface area contributed by atoms with Crippen LogP contribution in [0.3, 0.4) is 0 Å². The smallest absolute Gasteiger partial charge is 0.338 e. The Bertz CT molecular complexity index is 1540. The molecule has 1 N–H and O–H groups in total. The monoisotopic (exact) mass is 566 g/mol. The molecule has 0 radical (unpaired) electrons. The van der Waals surface area contributed by atoms with Gasteiger partial charge in [-0.3, -0.25) is 4.79 Å². The lowest BCUT2D eigenvalue weighted by Gasteiger charge is -2.17. The van der Waals surface area contributed by atoms with Crippen molar-refractivity contribution in [1.82, 2.24) is 9.62 Å². The lowest BCUT2D eigenvalue weighted by Crippen LogP contribution is -2.33. The Morgan fingerprint density at radius 2 is 1.58 bits per heavy atom. The highest BCUT2D eigenvalue weighted by Gasteiger charge is 2.31. The molecular formula is C26H25F3N2O5S2. The van der Waals surface area contributed by atoms with Crippen molar-refractivity contribution in [3.8, 4) is 11.1 Å². The molecule has 4 rings (SSSR count). The summed E-state index contributed by atoms with van der Waals surface area (Å²) in [5, 5.41) is 0. The largest absolute Gasteiger partial charge is 0.416 e. The number of carbonyl (C=O) groups excluding carboxylic acids is 1. The zero-order valence-corrected chi connectivity index (χ0v) is 21.9. The zero-order chi connectivity index (χ0) is 27.7. The number of hydrogen-bond donors (Lipinski definition) is 1. The van der Waals surface area contributed by atoms with E-state index in [1.165, 1.54) is 6.07 Å². The number of hydrogen-bond acceptors (Lipinski definition) is 5. The highest BCUT2D eigenvalue weighted by molar-refractivity contribution is 7.90. The van der Waals surface area contributed by atoms with Gasteiger partial charge in [-0.05, 0) is 60.4 Å². The topological polar surface area (TPSA) is 101 Å². The molecule has 1 amide bonds. The van der Waals surface area contributed by atoms with E-state index in [1.807, 2.05) is 0 Å². The first-order valence-corrected chi connectivity index (χ1v) is 15.0. The van der Waals surface area contributed by atoms with Gasteiger partial charge < -0.3 is 4.90 Å². The van der Waals surface area contributed by atoms with Crippen LogP contribution >= 0.6 is 0 Å². The minimum Gasteiger partial charge on any atom is -0.338 e. The van der Waals surface area contributed by atoms with E-state index in [9.17, 15) is 34.8 Å². The quantitative estimate of drug-likeness (QED) is 0.462. The molecule has 1 atom stereocenters. The van der Waals surface area contributed by atoms with Gasteiger partial charge >= 0.3 is 6.18 Å². The van der Waals surface area contributed by atoms with Gasteiger partial charge in [0.1, 0.15) is 0 Å². The molecule has 1 fully saturated rings. The third-order valence-electron chi connectivity index (χ3n) is 6.36. The fourth-order valence-electron chi connectivity index (χ4n) is 4.32. The van der Waals surface area contributed by atoms with Crippen molar-refractivity contribution in [3.05, 3.63) is 83.9 Å². The van der Waals surface area contributed by atoms with Gasteiger partial charge in [0.2, 0.25) is 10.0 Å². The highest BCUT2D eigenvalue weighted by Crippen LogP contribution is 2.30. The first-order chi connectivity index (χ1) is 17.8. The van der Waals surface area contributed by atoms with Crippen LogP contribution in [0.25, 0.3) is 11.1 Å². The van der Waals surface area contributed by atoms with E-state index in [0.717, 1.165) is 30.5 Å². The maximum Gasteiger partial charge on any atom is 0.416 e. The van der Waals surface area contributed by atoms with E-state index in [-0.39, 0.29) is 28.2 Å². The molecule has 0 spiro atoms. The van der Waals surface area contributed by atoms with Crippen molar-refractivity contribution in [3.63, 3.8) is 0 Å². The minimum atomic E-state index is -4.56. The van der Waals surface area contributed by atoms with Gasteiger partial charge in [-0.25, -0.2) is 21.6 Å². The normalized spacial score (nSPS) is 16.5. The maximum atomic E-state index is 13.0. The third kappa shape index (κ3) is 6.25. The van der Waals surface area contributed by atoms with Crippen molar-refractivity contribution in [2.75, 3.05) is 25.9 Å². The summed E-state index contributed by atoms with van der Waals surface area (Å²) in [7, 11) is -7.45. The molecule has 3 aromatic rings. The van der Waals surface area contributed by atoms with Crippen LogP contribution in [0.5, 0.6) is 0 Å². The number of benzene rings is 3. The van der Waals surface area contributed by atoms with Gasteiger partial charge in [-0.15, -0.1) is 0 Å².